The maximum Gasteiger partial charge on any atom is 0.0273 e. The van der Waals surface area contributed by atoms with E-state index in [1.807, 2.05) is 0 Å². The van der Waals surface area contributed by atoms with Crippen LogP contribution in [-0.4, -0.2) is 0 Å². The lowest BCUT2D eigenvalue weighted by Crippen LogP contribution is -1.94. The van der Waals surface area contributed by atoms with E-state index in [0.29, 0.717) is 6.54 Å². The van der Waals surface area contributed by atoms with E-state index in [2.05, 4.69) is 23.6 Å². The van der Waals surface area contributed by atoms with Crippen molar-refractivity contribution >= 4 is 22.9 Å². The summed E-state index contributed by atoms with van der Waals surface area (Å²) in [5, 5.41) is 3.18. The second-order valence-corrected chi connectivity index (χ2v) is 5.13. The fourth-order valence-electron chi connectivity index (χ4n) is 1.69. The lowest BCUT2D eigenvalue weighted by Gasteiger charge is -2.09. The third-order valence-electron chi connectivity index (χ3n) is 2.50. The summed E-state index contributed by atoms with van der Waals surface area (Å²) in [4.78, 5) is 1.24. The number of halogens is 1. The quantitative estimate of drug-likeness (QED) is 0.857. The summed E-state index contributed by atoms with van der Waals surface area (Å²) >= 11 is 7.90. The Morgan fingerprint density at radius 1 is 1.47 bits per heavy atom. The highest BCUT2D eigenvalue weighted by Crippen LogP contribution is 2.26. The van der Waals surface area contributed by atoms with Crippen molar-refractivity contribution in [2.24, 2.45) is 5.73 Å². The second kappa shape index (κ2) is 4.97. The molecule has 0 saturated carbocycles. The van der Waals surface area contributed by atoms with Crippen LogP contribution in [0.2, 0.25) is 0 Å². The molecule has 1 aliphatic carbocycles. The van der Waals surface area contributed by atoms with E-state index < -0.39 is 0 Å². The minimum Gasteiger partial charge on any atom is -0.326 e. The molecule has 2 rings (SSSR count). The molecule has 1 nitrogen and oxygen atoms in total. The number of allylic oxidation sites excluding steroid dienone is 4. The van der Waals surface area contributed by atoms with E-state index in [1.165, 1.54) is 16.0 Å². The van der Waals surface area contributed by atoms with Gasteiger partial charge in [-0.25, -0.2) is 0 Å². The average Bonchev–Trinajstić information content (AvgIpc) is 2.69. The third kappa shape index (κ3) is 2.71. The number of thiophene rings is 1. The van der Waals surface area contributed by atoms with Crippen LogP contribution in [0.25, 0.3) is 0 Å². The number of hydrogen-bond acceptors (Lipinski definition) is 2. The van der Waals surface area contributed by atoms with Crippen molar-refractivity contribution in [3.05, 3.63) is 44.6 Å². The molecule has 0 unspecified atom stereocenters. The summed E-state index contributed by atoms with van der Waals surface area (Å²) in [6, 6.07) is 2.17. The summed E-state index contributed by atoms with van der Waals surface area (Å²) in [7, 11) is 0. The van der Waals surface area contributed by atoms with Gasteiger partial charge in [0.25, 0.3) is 0 Å². The summed E-state index contributed by atoms with van der Waals surface area (Å²) in [6.45, 7) is 0.632. The van der Waals surface area contributed by atoms with Gasteiger partial charge in [0.15, 0.2) is 0 Å². The minimum atomic E-state index is 0.632. The fraction of sp³-hybridized carbons (Fsp3) is 0.333. The van der Waals surface area contributed by atoms with Crippen LogP contribution >= 0.6 is 22.9 Å². The van der Waals surface area contributed by atoms with Crippen molar-refractivity contribution in [2.45, 2.75) is 25.8 Å². The van der Waals surface area contributed by atoms with Crippen LogP contribution in [0.4, 0.5) is 0 Å². The van der Waals surface area contributed by atoms with Crippen molar-refractivity contribution in [1.82, 2.24) is 0 Å². The molecule has 0 aromatic carbocycles. The Bertz CT molecular complexity index is 404. The highest BCUT2D eigenvalue weighted by atomic mass is 35.5. The first-order chi connectivity index (χ1) is 7.29. The first kappa shape index (κ1) is 10.9. The SMILES string of the molecule is NCc1cc(CC2=C(Cl)CCC=C2)cs1. The second-order valence-electron chi connectivity index (χ2n) is 3.67. The molecule has 0 amide bonds. The van der Waals surface area contributed by atoms with E-state index in [1.54, 1.807) is 11.3 Å². The number of hydrogen-bond donors (Lipinski definition) is 1. The minimum absolute atomic E-state index is 0.632. The first-order valence-corrected chi connectivity index (χ1v) is 6.36. The van der Waals surface area contributed by atoms with Crippen LogP contribution in [0, 0.1) is 0 Å². The predicted octanol–water partition coefficient (Wildman–Crippen LogP) is 3.59. The molecule has 1 aromatic heterocycles. The molecule has 0 fully saturated rings. The molecule has 1 aliphatic rings. The monoisotopic (exact) mass is 239 g/mol. The molecule has 80 valence electrons. The molecule has 0 atom stereocenters. The Balaban J connectivity index is 2.11. The molecule has 0 radical (unpaired) electrons. The molecule has 1 heterocycles. The van der Waals surface area contributed by atoms with Crippen LogP contribution < -0.4 is 5.73 Å². The van der Waals surface area contributed by atoms with Crippen LogP contribution in [0.3, 0.4) is 0 Å². The largest absolute Gasteiger partial charge is 0.326 e. The summed E-state index contributed by atoms with van der Waals surface area (Å²) in [6.07, 6.45) is 7.33. The van der Waals surface area contributed by atoms with Gasteiger partial charge in [-0.05, 0) is 41.8 Å². The standard InChI is InChI=1S/C12H14ClNS/c13-12-4-2-1-3-10(12)5-9-6-11(7-14)15-8-9/h1,3,6,8H,2,4-5,7,14H2. The Hall–Kier alpha value is -0.570. The maximum atomic E-state index is 6.18. The van der Waals surface area contributed by atoms with E-state index in [4.69, 9.17) is 17.3 Å². The van der Waals surface area contributed by atoms with Gasteiger partial charge >= 0.3 is 0 Å². The van der Waals surface area contributed by atoms with Gasteiger partial charge in [0, 0.05) is 16.5 Å². The highest BCUT2D eigenvalue weighted by Gasteiger charge is 2.07. The van der Waals surface area contributed by atoms with Gasteiger partial charge in [-0.1, -0.05) is 23.8 Å². The summed E-state index contributed by atoms with van der Waals surface area (Å²) in [5.74, 6) is 0. The van der Waals surface area contributed by atoms with Crippen LogP contribution in [-0.2, 0) is 13.0 Å². The fourth-order valence-corrected chi connectivity index (χ4v) is 2.70. The van der Waals surface area contributed by atoms with Gasteiger partial charge in [0.2, 0.25) is 0 Å². The van der Waals surface area contributed by atoms with E-state index in [-0.39, 0.29) is 0 Å². The van der Waals surface area contributed by atoms with Crippen LogP contribution in [0.15, 0.2) is 34.2 Å². The van der Waals surface area contributed by atoms with Crippen molar-refractivity contribution < 1.29 is 0 Å². The normalized spacial score (nSPS) is 16.1. The van der Waals surface area contributed by atoms with Gasteiger partial charge in [-0.15, -0.1) is 11.3 Å². The zero-order chi connectivity index (χ0) is 10.7. The Kier molecular flexibility index (Phi) is 3.62. The van der Waals surface area contributed by atoms with E-state index >= 15 is 0 Å². The lowest BCUT2D eigenvalue weighted by atomic mass is 10.0. The molecule has 2 N–H and O–H groups in total. The lowest BCUT2D eigenvalue weighted by molar-refractivity contribution is 0.975. The van der Waals surface area contributed by atoms with Gasteiger partial charge in [0.05, 0.1) is 0 Å². The predicted molar refractivity (Wildman–Crippen MR) is 67.2 cm³/mol. The number of nitrogens with two attached hydrogens (primary N) is 1. The summed E-state index contributed by atoms with van der Waals surface area (Å²) in [5.41, 5.74) is 8.16. The zero-order valence-electron chi connectivity index (χ0n) is 8.50. The zero-order valence-corrected chi connectivity index (χ0v) is 10.1. The van der Waals surface area contributed by atoms with Gasteiger partial charge < -0.3 is 5.73 Å². The maximum absolute atomic E-state index is 6.18. The van der Waals surface area contributed by atoms with Crippen molar-refractivity contribution in [2.75, 3.05) is 0 Å². The molecular formula is C12H14ClNS. The number of rotatable bonds is 3. The third-order valence-corrected chi connectivity index (χ3v) is 3.94. The van der Waals surface area contributed by atoms with Crippen molar-refractivity contribution in [3.8, 4) is 0 Å². The van der Waals surface area contributed by atoms with E-state index in [9.17, 15) is 0 Å². The first-order valence-electron chi connectivity index (χ1n) is 5.10. The molecule has 0 spiro atoms. The van der Waals surface area contributed by atoms with E-state index in [0.717, 1.165) is 24.3 Å². The average molecular weight is 240 g/mol. The van der Waals surface area contributed by atoms with Gasteiger partial charge in [0.1, 0.15) is 0 Å². The molecule has 0 saturated heterocycles. The van der Waals surface area contributed by atoms with Crippen molar-refractivity contribution in [1.29, 1.82) is 0 Å². The molecule has 0 bridgehead atoms. The van der Waals surface area contributed by atoms with Gasteiger partial charge in [-0.2, -0.15) is 0 Å². The topological polar surface area (TPSA) is 26.0 Å². The molecule has 0 aliphatic heterocycles. The van der Waals surface area contributed by atoms with Crippen LogP contribution in [0.5, 0.6) is 0 Å². The Morgan fingerprint density at radius 3 is 3.00 bits per heavy atom. The molecule has 3 heteroatoms. The Morgan fingerprint density at radius 2 is 2.33 bits per heavy atom. The van der Waals surface area contributed by atoms with Crippen LogP contribution in [0.1, 0.15) is 23.3 Å². The van der Waals surface area contributed by atoms with Crippen molar-refractivity contribution in [3.63, 3.8) is 0 Å². The molecular weight excluding hydrogens is 226 g/mol. The molecule has 15 heavy (non-hydrogen) atoms. The summed E-state index contributed by atoms with van der Waals surface area (Å²) < 4.78 is 0. The smallest absolute Gasteiger partial charge is 0.0273 e. The Labute approximate surface area is 99.2 Å². The molecule has 1 aromatic rings. The highest BCUT2D eigenvalue weighted by molar-refractivity contribution is 7.10. The van der Waals surface area contributed by atoms with Gasteiger partial charge in [-0.3, -0.25) is 0 Å².